The van der Waals surface area contributed by atoms with E-state index >= 15 is 0 Å². The lowest BCUT2D eigenvalue weighted by Gasteiger charge is -2.30. The molecule has 0 unspecified atom stereocenters. The number of sulfonamides is 1. The molecule has 0 fully saturated rings. The van der Waals surface area contributed by atoms with Crippen LogP contribution in [0.1, 0.15) is 55.1 Å². The molecule has 0 radical (unpaired) electrons. The van der Waals surface area contributed by atoms with Gasteiger partial charge in [-0.05, 0) is 44.9 Å². The van der Waals surface area contributed by atoms with Gasteiger partial charge >= 0.3 is 0 Å². The smallest absolute Gasteiger partial charge is 0.269 e. The molecule has 1 heterocycles. The maximum absolute atomic E-state index is 13.3. The molecule has 9 heteroatoms. The SMILES string of the molecule is CC[C@H](C)NC(=O)[C@@H](C)N(Cc1cccc(C)c1)C(=O)CCN1C(=O)c2ccccc2S1(=O)=O. The van der Waals surface area contributed by atoms with E-state index in [2.05, 4.69) is 5.32 Å². The number of carbonyl (C=O) groups excluding carboxylic acids is 3. The lowest BCUT2D eigenvalue weighted by Crippen LogP contribution is -2.50. The maximum Gasteiger partial charge on any atom is 0.269 e. The molecule has 0 saturated carbocycles. The summed E-state index contributed by atoms with van der Waals surface area (Å²) in [6.07, 6.45) is 0.519. The first-order valence-electron chi connectivity index (χ1n) is 11.4. The van der Waals surface area contributed by atoms with Crippen molar-refractivity contribution >= 4 is 27.7 Å². The van der Waals surface area contributed by atoms with Gasteiger partial charge in [0.1, 0.15) is 10.9 Å². The standard InChI is InChI=1S/C25H31N3O5S/c1-5-18(3)26-24(30)19(4)27(16-20-10-8-9-17(2)15-20)23(29)13-14-28-25(31)21-11-6-7-12-22(21)34(28,32)33/h6-12,15,18-19H,5,13-14,16H2,1-4H3,(H,26,30)/t18-,19+/m0/s1. The van der Waals surface area contributed by atoms with Crippen molar-refractivity contribution in [1.29, 1.82) is 0 Å². The van der Waals surface area contributed by atoms with E-state index in [-0.39, 0.29) is 41.9 Å². The summed E-state index contributed by atoms with van der Waals surface area (Å²) in [7, 11) is -4.00. The third-order valence-corrected chi connectivity index (χ3v) is 7.89. The number of nitrogens with zero attached hydrogens (tertiary/aromatic N) is 2. The van der Waals surface area contributed by atoms with Gasteiger partial charge in [-0.3, -0.25) is 14.4 Å². The molecule has 2 aromatic rings. The molecule has 1 aliphatic rings. The largest absolute Gasteiger partial charge is 0.352 e. The number of hydrogen-bond donors (Lipinski definition) is 1. The number of fused-ring (bicyclic) bond motifs is 1. The van der Waals surface area contributed by atoms with Crippen LogP contribution in [0.4, 0.5) is 0 Å². The molecule has 0 bridgehead atoms. The molecule has 1 N–H and O–H groups in total. The molecule has 3 rings (SSSR count). The first-order valence-corrected chi connectivity index (χ1v) is 12.8. The van der Waals surface area contributed by atoms with E-state index in [1.165, 1.54) is 17.0 Å². The summed E-state index contributed by atoms with van der Waals surface area (Å²) < 4.78 is 26.4. The molecule has 3 amide bonds. The molecule has 2 aromatic carbocycles. The van der Waals surface area contributed by atoms with Crippen molar-refractivity contribution in [3.05, 3.63) is 65.2 Å². The molecule has 0 aliphatic carbocycles. The number of carbonyl (C=O) groups is 3. The van der Waals surface area contributed by atoms with Crippen LogP contribution in [0.5, 0.6) is 0 Å². The highest BCUT2D eigenvalue weighted by molar-refractivity contribution is 7.90. The molecule has 0 aromatic heterocycles. The van der Waals surface area contributed by atoms with Crippen molar-refractivity contribution in [3.63, 3.8) is 0 Å². The summed E-state index contributed by atoms with van der Waals surface area (Å²) >= 11 is 0. The van der Waals surface area contributed by atoms with E-state index in [9.17, 15) is 22.8 Å². The summed E-state index contributed by atoms with van der Waals surface area (Å²) in [6, 6.07) is 12.8. The molecule has 0 saturated heterocycles. The number of hydrogen-bond acceptors (Lipinski definition) is 5. The van der Waals surface area contributed by atoms with Crippen LogP contribution in [0, 0.1) is 6.92 Å². The summed E-state index contributed by atoms with van der Waals surface area (Å²) in [5.74, 6) is -1.34. The molecule has 2 atom stereocenters. The zero-order chi connectivity index (χ0) is 25.0. The highest BCUT2D eigenvalue weighted by Gasteiger charge is 2.41. The second-order valence-corrected chi connectivity index (χ2v) is 10.5. The van der Waals surface area contributed by atoms with Crippen LogP contribution in [0.25, 0.3) is 0 Å². The second kappa shape index (κ2) is 10.4. The number of amides is 3. The second-order valence-electron chi connectivity index (χ2n) is 8.63. The van der Waals surface area contributed by atoms with Crippen molar-refractivity contribution < 1.29 is 22.8 Å². The molecular formula is C25H31N3O5S. The third kappa shape index (κ3) is 5.30. The fourth-order valence-corrected chi connectivity index (χ4v) is 5.42. The van der Waals surface area contributed by atoms with Gasteiger partial charge in [-0.1, -0.05) is 48.9 Å². The highest BCUT2D eigenvalue weighted by Crippen LogP contribution is 2.30. The molecular weight excluding hydrogens is 454 g/mol. The molecule has 182 valence electrons. The molecule has 8 nitrogen and oxygen atoms in total. The minimum atomic E-state index is -4.00. The number of aryl methyl sites for hydroxylation is 1. The van der Waals surface area contributed by atoms with Gasteiger partial charge in [0.15, 0.2) is 0 Å². The Balaban J connectivity index is 1.79. The monoisotopic (exact) mass is 485 g/mol. The van der Waals surface area contributed by atoms with Crippen molar-refractivity contribution in [1.82, 2.24) is 14.5 Å². The van der Waals surface area contributed by atoms with Crippen molar-refractivity contribution in [2.45, 2.75) is 64.1 Å². The van der Waals surface area contributed by atoms with Gasteiger partial charge in [-0.15, -0.1) is 0 Å². The van der Waals surface area contributed by atoms with Crippen LogP contribution in [0.3, 0.4) is 0 Å². The summed E-state index contributed by atoms with van der Waals surface area (Å²) in [5.41, 5.74) is 1.98. The number of rotatable bonds is 9. The Morgan fingerprint density at radius 1 is 1.09 bits per heavy atom. The fraction of sp³-hybridized carbons (Fsp3) is 0.400. The maximum atomic E-state index is 13.3. The van der Waals surface area contributed by atoms with E-state index in [1.54, 1.807) is 19.1 Å². The first-order chi connectivity index (χ1) is 16.1. The van der Waals surface area contributed by atoms with Crippen LogP contribution in [-0.2, 0) is 26.2 Å². The predicted molar refractivity (Wildman–Crippen MR) is 128 cm³/mol. The van der Waals surface area contributed by atoms with Crippen molar-refractivity contribution in [2.75, 3.05) is 6.54 Å². The summed E-state index contributed by atoms with van der Waals surface area (Å²) in [6.45, 7) is 7.33. The van der Waals surface area contributed by atoms with E-state index in [0.29, 0.717) is 0 Å². The topological polar surface area (TPSA) is 104 Å². The summed E-state index contributed by atoms with van der Waals surface area (Å²) in [4.78, 5) is 40.2. The number of nitrogens with one attached hydrogen (secondary N) is 1. The van der Waals surface area contributed by atoms with Crippen molar-refractivity contribution in [2.24, 2.45) is 0 Å². The Bertz CT molecular complexity index is 1190. The highest BCUT2D eigenvalue weighted by atomic mass is 32.2. The molecule has 1 aliphatic heterocycles. The zero-order valence-corrected chi connectivity index (χ0v) is 20.8. The van der Waals surface area contributed by atoms with Crippen LogP contribution < -0.4 is 5.32 Å². The Kier molecular flexibility index (Phi) is 7.76. The van der Waals surface area contributed by atoms with E-state index in [4.69, 9.17) is 0 Å². The number of benzene rings is 2. The fourth-order valence-electron chi connectivity index (χ4n) is 3.85. The van der Waals surface area contributed by atoms with Crippen LogP contribution >= 0.6 is 0 Å². The average molecular weight is 486 g/mol. The lowest BCUT2D eigenvalue weighted by atomic mass is 10.1. The van der Waals surface area contributed by atoms with E-state index < -0.39 is 27.9 Å². The van der Waals surface area contributed by atoms with Gasteiger partial charge in [0.05, 0.1) is 5.56 Å². The zero-order valence-electron chi connectivity index (χ0n) is 19.9. The van der Waals surface area contributed by atoms with Crippen molar-refractivity contribution in [3.8, 4) is 0 Å². The van der Waals surface area contributed by atoms with E-state index in [0.717, 1.165) is 21.9 Å². The van der Waals surface area contributed by atoms with Crippen LogP contribution in [0.2, 0.25) is 0 Å². The normalized spacial score (nSPS) is 16.0. The Hall–Kier alpha value is -3.20. The summed E-state index contributed by atoms with van der Waals surface area (Å²) in [5, 5.41) is 2.90. The Morgan fingerprint density at radius 2 is 1.79 bits per heavy atom. The van der Waals surface area contributed by atoms with Crippen LogP contribution in [-0.4, -0.2) is 54.0 Å². The predicted octanol–water partition coefficient (Wildman–Crippen LogP) is 2.86. The lowest BCUT2D eigenvalue weighted by molar-refractivity contribution is -0.140. The Morgan fingerprint density at radius 3 is 2.44 bits per heavy atom. The quantitative estimate of drug-likeness (QED) is 0.588. The van der Waals surface area contributed by atoms with Crippen LogP contribution in [0.15, 0.2) is 53.4 Å². The molecule has 34 heavy (non-hydrogen) atoms. The van der Waals surface area contributed by atoms with Gasteiger partial charge < -0.3 is 10.2 Å². The van der Waals surface area contributed by atoms with Gasteiger partial charge in [0.25, 0.3) is 15.9 Å². The molecule has 0 spiro atoms. The van der Waals surface area contributed by atoms with Gasteiger partial charge in [-0.25, -0.2) is 12.7 Å². The van der Waals surface area contributed by atoms with Gasteiger partial charge in [0.2, 0.25) is 11.8 Å². The van der Waals surface area contributed by atoms with E-state index in [1.807, 2.05) is 45.0 Å². The first kappa shape index (κ1) is 25.4. The third-order valence-electron chi connectivity index (χ3n) is 6.04. The minimum absolute atomic E-state index is 0.0447. The Labute approximate surface area is 201 Å². The van der Waals surface area contributed by atoms with Gasteiger partial charge in [-0.2, -0.15) is 0 Å². The minimum Gasteiger partial charge on any atom is -0.352 e. The van der Waals surface area contributed by atoms with Gasteiger partial charge in [0, 0.05) is 25.6 Å². The average Bonchev–Trinajstić information content (AvgIpc) is 3.00.